The highest BCUT2D eigenvalue weighted by atomic mass is 16.6. The van der Waals surface area contributed by atoms with Gasteiger partial charge in [0.1, 0.15) is 24.7 Å². The summed E-state index contributed by atoms with van der Waals surface area (Å²) in [5.41, 5.74) is -0.277. The van der Waals surface area contributed by atoms with Gasteiger partial charge in [0.25, 0.3) is 0 Å². The lowest BCUT2D eigenvalue weighted by atomic mass is 10.1. The number of rotatable bonds is 9. The zero-order chi connectivity index (χ0) is 22.7. The number of aliphatic carboxylic acids is 1. The van der Waals surface area contributed by atoms with Crippen molar-refractivity contribution in [3.05, 3.63) is 35.9 Å². The van der Waals surface area contributed by atoms with Crippen molar-refractivity contribution < 1.29 is 33.8 Å². The van der Waals surface area contributed by atoms with Crippen LogP contribution in [0.1, 0.15) is 32.4 Å². The fraction of sp³-hybridized carbons (Fsp3) is 0.421. The van der Waals surface area contributed by atoms with Crippen LogP contribution in [0.25, 0.3) is 0 Å². The van der Waals surface area contributed by atoms with Crippen LogP contribution >= 0.6 is 0 Å². The molecule has 1 rings (SSSR count). The zero-order valence-electron chi connectivity index (χ0n) is 17.0. The second-order valence-corrected chi connectivity index (χ2v) is 7.15. The van der Waals surface area contributed by atoms with Gasteiger partial charge in [-0.15, -0.1) is 0 Å². The van der Waals surface area contributed by atoms with Gasteiger partial charge in [-0.2, -0.15) is 0 Å². The van der Waals surface area contributed by atoms with E-state index in [1.165, 1.54) is 0 Å². The molecule has 11 nitrogen and oxygen atoms in total. The van der Waals surface area contributed by atoms with Crippen LogP contribution in [0.4, 0.5) is 4.79 Å². The van der Waals surface area contributed by atoms with Gasteiger partial charge in [-0.3, -0.25) is 19.2 Å². The number of benzene rings is 1. The second kappa shape index (κ2) is 11.4. The summed E-state index contributed by atoms with van der Waals surface area (Å²) in [6.45, 7) is 3.56. The van der Waals surface area contributed by atoms with E-state index in [2.05, 4.69) is 21.3 Å². The van der Waals surface area contributed by atoms with Crippen molar-refractivity contribution in [2.45, 2.75) is 32.4 Å². The Bertz CT molecular complexity index is 775. The number of carboxylic acid groups (broad SMARTS) is 1. The van der Waals surface area contributed by atoms with E-state index in [1.54, 1.807) is 51.1 Å². The van der Waals surface area contributed by atoms with E-state index in [0.29, 0.717) is 5.56 Å². The average molecular weight is 422 g/mol. The molecule has 0 aliphatic heterocycles. The van der Waals surface area contributed by atoms with Crippen LogP contribution in [0.15, 0.2) is 30.3 Å². The van der Waals surface area contributed by atoms with Crippen molar-refractivity contribution in [3.63, 3.8) is 0 Å². The molecular formula is C19H26N4O7. The molecule has 11 heteroatoms. The Morgan fingerprint density at radius 1 is 0.900 bits per heavy atom. The summed E-state index contributed by atoms with van der Waals surface area (Å²) < 4.78 is 4.99. The zero-order valence-corrected chi connectivity index (χ0v) is 17.0. The van der Waals surface area contributed by atoms with Crippen LogP contribution in [-0.2, 0) is 23.9 Å². The van der Waals surface area contributed by atoms with Gasteiger partial charge in [-0.25, -0.2) is 4.79 Å². The molecule has 30 heavy (non-hydrogen) atoms. The molecule has 0 aliphatic carbocycles. The molecular weight excluding hydrogens is 396 g/mol. The van der Waals surface area contributed by atoms with E-state index in [0.717, 1.165) is 0 Å². The topological polar surface area (TPSA) is 163 Å². The maximum atomic E-state index is 12.3. The molecule has 1 atom stereocenters. The van der Waals surface area contributed by atoms with E-state index >= 15 is 0 Å². The summed E-state index contributed by atoms with van der Waals surface area (Å²) in [6.07, 6.45) is -0.777. The summed E-state index contributed by atoms with van der Waals surface area (Å²) in [6, 6.07) is 7.07. The summed E-state index contributed by atoms with van der Waals surface area (Å²) in [5.74, 6) is -3.26. The van der Waals surface area contributed by atoms with Gasteiger partial charge in [-0.05, 0) is 26.3 Å². The number of carbonyl (C=O) groups excluding carboxylic acids is 4. The minimum Gasteiger partial charge on any atom is -0.480 e. The van der Waals surface area contributed by atoms with Gasteiger partial charge in [0.05, 0.1) is 6.54 Å². The number of carbonyl (C=O) groups is 5. The normalized spacial score (nSPS) is 11.6. The predicted octanol–water partition coefficient (Wildman–Crippen LogP) is -0.314. The first kappa shape index (κ1) is 24.4. The second-order valence-electron chi connectivity index (χ2n) is 7.15. The number of nitrogens with one attached hydrogen (secondary N) is 4. The minimum absolute atomic E-state index is 0.399. The SMILES string of the molecule is CC(C)(C)OC(=O)NCC(=O)NCC(=O)N[C@H](C(=O)NCC(=O)O)c1ccccc1. The summed E-state index contributed by atoms with van der Waals surface area (Å²) in [7, 11) is 0. The molecule has 5 N–H and O–H groups in total. The molecule has 0 saturated carbocycles. The van der Waals surface area contributed by atoms with E-state index < -0.39 is 61.1 Å². The van der Waals surface area contributed by atoms with E-state index in [-0.39, 0.29) is 0 Å². The lowest BCUT2D eigenvalue weighted by Gasteiger charge is -2.20. The molecule has 1 aromatic carbocycles. The lowest BCUT2D eigenvalue weighted by Crippen LogP contribution is -2.46. The highest BCUT2D eigenvalue weighted by Crippen LogP contribution is 2.12. The molecule has 0 spiro atoms. The molecule has 0 heterocycles. The Hall–Kier alpha value is -3.63. The molecule has 1 aromatic rings. The van der Waals surface area contributed by atoms with Gasteiger partial charge < -0.3 is 31.1 Å². The van der Waals surface area contributed by atoms with Crippen molar-refractivity contribution in [3.8, 4) is 0 Å². The van der Waals surface area contributed by atoms with Crippen LogP contribution < -0.4 is 21.3 Å². The van der Waals surface area contributed by atoms with Crippen molar-refractivity contribution in [2.75, 3.05) is 19.6 Å². The standard InChI is InChI=1S/C19H26N4O7/c1-19(2,3)30-18(29)22-9-13(24)20-10-14(25)23-16(12-7-5-4-6-8-12)17(28)21-11-15(26)27/h4-8,16H,9-11H2,1-3H3,(H,20,24)(H,21,28)(H,22,29)(H,23,25)(H,26,27)/t16-/m0/s1. The van der Waals surface area contributed by atoms with Gasteiger partial charge in [0, 0.05) is 0 Å². The maximum absolute atomic E-state index is 12.3. The van der Waals surface area contributed by atoms with Gasteiger partial charge in [0.15, 0.2) is 0 Å². The molecule has 0 bridgehead atoms. The molecule has 0 radical (unpaired) electrons. The third-order valence-corrected chi connectivity index (χ3v) is 3.35. The van der Waals surface area contributed by atoms with E-state index in [4.69, 9.17) is 9.84 Å². The van der Waals surface area contributed by atoms with Crippen molar-refractivity contribution in [2.24, 2.45) is 0 Å². The Kier molecular flexibility index (Phi) is 9.27. The van der Waals surface area contributed by atoms with Crippen molar-refractivity contribution in [1.29, 1.82) is 0 Å². The minimum atomic E-state index is -1.23. The molecule has 0 aromatic heterocycles. The number of hydrogen-bond donors (Lipinski definition) is 5. The first-order chi connectivity index (χ1) is 14.0. The first-order valence-corrected chi connectivity index (χ1v) is 9.05. The number of amides is 4. The maximum Gasteiger partial charge on any atom is 0.408 e. The van der Waals surface area contributed by atoms with E-state index in [1.807, 2.05) is 0 Å². The van der Waals surface area contributed by atoms with Crippen LogP contribution in [0.2, 0.25) is 0 Å². The molecule has 164 valence electrons. The van der Waals surface area contributed by atoms with Crippen molar-refractivity contribution >= 4 is 29.8 Å². The van der Waals surface area contributed by atoms with Crippen LogP contribution in [0.5, 0.6) is 0 Å². The number of ether oxygens (including phenoxy) is 1. The largest absolute Gasteiger partial charge is 0.480 e. The lowest BCUT2D eigenvalue weighted by molar-refractivity contribution is -0.138. The fourth-order valence-electron chi connectivity index (χ4n) is 2.13. The van der Waals surface area contributed by atoms with Crippen LogP contribution in [0, 0.1) is 0 Å². The Balaban J connectivity index is 2.57. The Labute approximate surface area is 173 Å². The first-order valence-electron chi connectivity index (χ1n) is 9.05. The third-order valence-electron chi connectivity index (χ3n) is 3.35. The summed E-state index contributed by atoms with van der Waals surface area (Å²) in [4.78, 5) is 58.4. The monoisotopic (exact) mass is 422 g/mol. The van der Waals surface area contributed by atoms with Crippen LogP contribution in [0.3, 0.4) is 0 Å². The van der Waals surface area contributed by atoms with Crippen LogP contribution in [-0.4, -0.2) is 60.1 Å². The quantitative estimate of drug-likeness (QED) is 0.364. The summed E-state index contributed by atoms with van der Waals surface area (Å²) >= 11 is 0. The third kappa shape index (κ3) is 10.1. The predicted molar refractivity (Wildman–Crippen MR) is 105 cm³/mol. The molecule has 0 saturated heterocycles. The van der Waals surface area contributed by atoms with E-state index in [9.17, 15) is 24.0 Å². The Morgan fingerprint density at radius 2 is 1.50 bits per heavy atom. The number of alkyl carbamates (subject to hydrolysis) is 1. The van der Waals surface area contributed by atoms with Gasteiger partial charge in [-0.1, -0.05) is 30.3 Å². The number of hydrogen-bond acceptors (Lipinski definition) is 6. The smallest absolute Gasteiger partial charge is 0.408 e. The van der Waals surface area contributed by atoms with Gasteiger partial charge in [0.2, 0.25) is 17.7 Å². The molecule has 4 amide bonds. The highest BCUT2D eigenvalue weighted by molar-refractivity contribution is 5.92. The average Bonchev–Trinajstić information content (AvgIpc) is 2.66. The summed E-state index contributed by atoms with van der Waals surface area (Å²) in [5, 5.41) is 17.9. The van der Waals surface area contributed by atoms with Gasteiger partial charge >= 0.3 is 12.1 Å². The molecule has 0 unspecified atom stereocenters. The molecule has 0 aliphatic rings. The Morgan fingerprint density at radius 3 is 2.07 bits per heavy atom. The van der Waals surface area contributed by atoms with Crippen molar-refractivity contribution in [1.82, 2.24) is 21.3 Å². The number of carboxylic acids is 1. The highest BCUT2D eigenvalue weighted by Gasteiger charge is 2.23. The fourth-order valence-corrected chi connectivity index (χ4v) is 2.13. The molecule has 0 fully saturated rings.